The van der Waals surface area contributed by atoms with Crippen molar-refractivity contribution in [2.75, 3.05) is 0 Å². The van der Waals surface area contributed by atoms with Crippen LogP contribution in [-0.2, 0) is 11.2 Å². The number of hydrogen-bond acceptors (Lipinski definition) is 4. The van der Waals surface area contributed by atoms with E-state index in [1.807, 2.05) is 12.1 Å². The molecule has 0 spiro atoms. The summed E-state index contributed by atoms with van der Waals surface area (Å²) in [7, 11) is 0. The van der Waals surface area contributed by atoms with Gasteiger partial charge in [-0.25, -0.2) is 4.98 Å². The number of ether oxygens (including phenoxy) is 1. The Kier molecular flexibility index (Phi) is 6.82. The smallest absolute Gasteiger partial charge is 0.387 e. The van der Waals surface area contributed by atoms with Gasteiger partial charge in [0.05, 0.1) is 12.2 Å². The molecule has 1 N–H and O–H groups in total. The number of nitrogens with zero attached hydrogens (tertiary/aromatic N) is 1. The maximum atomic E-state index is 12.5. The van der Waals surface area contributed by atoms with Crippen LogP contribution in [-0.4, -0.2) is 17.5 Å². The van der Waals surface area contributed by atoms with E-state index >= 15 is 0 Å². The minimum atomic E-state index is -2.93. The summed E-state index contributed by atoms with van der Waals surface area (Å²) in [5.41, 5.74) is 1.31. The van der Waals surface area contributed by atoms with E-state index in [0.29, 0.717) is 28.7 Å². The molecule has 2 aromatic carbocycles. The molecule has 0 saturated carbocycles. The lowest BCUT2D eigenvalue weighted by Crippen LogP contribution is -2.27. The first kappa shape index (κ1) is 20.8. The van der Waals surface area contributed by atoms with Gasteiger partial charge in [0.1, 0.15) is 5.75 Å². The molecule has 8 heteroatoms. The van der Waals surface area contributed by atoms with E-state index in [4.69, 9.17) is 16.0 Å². The van der Waals surface area contributed by atoms with Gasteiger partial charge in [-0.1, -0.05) is 29.8 Å². The van der Waals surface area contributed by atoms with Gasteiger partial charge in [0.15, 0.2) is 11.7 Å². The maximum Gasteiger partial charge on any atom is 0.387 e. The number of carbonyl (C=O) groups excluding carboxylic acids is 1. The molecule has 0 saturated heterocycles. The number of aryl methyl sites for hydroxylation is 1. The SMILES string of the molecule is C[C@H](NC(=O)CCc1ncc(-c2ccc(Cl)cc2)o1)c1ccccc1OC(F)F. The van der Waals surface area contributed by atoms with Crippen molar-refractivity contribution in [2.45, 2.75) is 32.4 Å². The molecule has 3 rings (SSSR count). The third kappa shape index (κ3) is 5.77. The Labute approximate surface area is 171 Å². The average molecular weight is 421 g/mol. The van der Waals surface area contributed by atoms with Crippen LogP contribution in [0.5, 0.6) is 5.75 Å². The van der Waals surface area contributed by atoms with Gasteiger partial charge in [-0.15, -0.1) is 0 Å². The minimum Gasteiger partial charge on any atom is -0.441 e. The summed E-state index contributed by atoms with van der Waals surface area (Å²) in [6.45, 7) is -1.23. The second kappa shape index (κ2) is 9.52. The summed E-state index contributed by atoms with van der Waals surface area (Å²) in [4.78, 5) is 16.5. The highest BCUT2D eigenvalue weighted by Crippen LogP contribution is 2.26. The molecule has 152 valence electrons. The summed E-state index contributed by atoms with van der Waals surface area (Å²) < 4.78 is 35.3. The number of amides is 1. The highest BCUT2D eigenvalue weighted by molar-refractivity contribution is 6.30. The van der Waals surface area contributed by atoms with Gasteiger partial charge in [0, 0.05) is 29.0 Å². The van der Waals surface area contributed by atoms with Crippen LogP contribution in [0.15, 0.2) is 59.1 Å². The molecule has 0 radical (unpaired) electrons. The third-order valence-electron chi connectivity index (χ3n) is 4.23. The van der Waals surface area contributed by atoms with E-state index < -0.39 is 12.7 Å². The zero-order chi connectivity index (χ0) is 20.8. The Hall–Kier alpha value is -2.93. The summed E-state index contributed by atoms with van der Waals surface area (Å²) in [6, 6.07) is 13.0. The topological polar surface area (TPSA) is 64.4 Å². The van der Waals surface area contributed by atoms with Gasteiger partial charge < -0.3 is 14.5 Å². The molecule has 29 heavy (non-hydrogen) atoms. The number of para-hydroxylation sites is 1. The van der Waals surface area contributed by atoms with Gasteiger partial charge in [0.25, 0.3) is 0 Å². The van der Waals surface area contributed by atoms with Crippen molar-refractivity contribution in [3.8, 4) is 17.1 Å². The molecule has 1 heterocycles. The third-order valence-corrected chi connectivity index (χ3v) is 4.48. The van der Waals surface area contributed by atoms with E-state index in [9.17, 15) is 13.6 Å². The maximum absolute atomic E-state index is 12.5. The normalized spacial score (nSPS) is 12.0. The van der Waals surface area contributed by atoms with E-state index in [1.54, 1.807) is 43.5 Å². The fraction of sp³-hybridized carbons (Fsp3) is 0.238. The van der Waals surface area contributed by atoms with E-state index in [0.717, 1.165) is 5.56 Å². The second-order valence-electron chi connectivity index (χ2n) is 6.33. The Morgan fingerprint density at radius 1 is 1.21 bits per heavy atom. The van der Waals surface area contributed by atoms with E-state index in [2.05, 4.69) is 15.0 Å². The van der Waals surface area contributed by atoms with Gasteiger partial charge in [0.2, 0.25) is 5.91 Å². The minimum absolute atomic E-state index is 0.0376. The molecular weight excluding hydrogens is 402 g/mol. The predicted molar refractivity (Wildman–Crippen MR) is 105 cm³/mol. The second-order valence-corrected chi connectivity index (χ2v) is 6.77. The number of carbonyl (C=O) groups is 1. The Morgan fingerprint density at radius 3 is 2.66 bits per heavy atom. The molecule has 0 aliphatic heterocycles. The zero-order valence-corrected chi connectivity index (χ0v) is 16.3. The number of halogens is 3. The molecule has 0 aliphatic rings. The lowest BCUT2D eigenvalue weighted by Gasteiger charge is -2.18. The predicted octanol–water partition coefficient (Wildman–Crippen LogP) is 5.41. The molecule has 1 atom stereocenters. The first-order valence-electron chi connectivity index (χ1n) is 8.96. The van der Waals surface area contributed by atoms with Gasteiger partial charge >= 0.3 is 6.61 Å². The van der Waals surface area contributed by atoms with Crippen molar-refractivity contribution < 1.29 is 22.7 Å². The quantitative estimate of drug-likeness (QED) is 0.529. The highest BCUT2D eigenvalue weighted by atomic mass is 35.5. The van der Waals surface area contributed by atoms with E-state index in [-0.39, 0.29) is 18.1 Å². The summed E-state index contributed by atoms with van der Waals surface area (Å²) in [5.74, 6) is 0.800. The zero-order valence-electron chi connectivity index (χ0n) is 15.6. The summed E-state index contributed by atoms with van der Waals surface area (Å²) in [5, 5.41) is 3.40. The van der Waals surface area contributed by atoms with E-state index in [1.165, 1.54) is 6.07 Å². The van der Waals surface area contributed by atoms with Crippen molar-refractivity contribution in [2.24, 2.45) is 0 Å². The largest absolute Gasteiger partial charge is 0.441 e. The molecule has 5 nitrogen and oxygen atoms in total. The van der Waals surface area contributed by atoms with Crippen LogP contribution < -0.4 is 10.1 Å². The van der Waals surface area contributed by atoms with Gasteiger partial charge in [-0.3, -0.25) is 4.79 Å². The standard InChI is InChI=1S/C21H19ClF2N2O3/c1-13(16-4-2-3-5-17(16)29-21(23)24)26-19(27)10-11-20-25-12-18(28-20)14-6-8-15(22)9-7-14/h2-9,12-13,21H,10-11H2,1H3,(H,26,27)/t13-/m0/s1. The number of hydrogen-bond donors (Lipinski definition) is 1. The number of nitrogens with one attached hydrogen (secondary N) is 1. The summed E-state index contributed by atoms with van der Waals surface area (Å²) in [6.07, 6.45) is 2.04. The first-order valence-corrected chi connectivity index (χ1v) is 9.34. The van der Waals surface area contributed by atoms with Crippen LogP contribution in [0.25, 0.3) is 11.3 Å². The van der Waals surface area contributed by atoms with Crippen LogP contribution in [0.1, 0.15) is 30.8 Å². The number of benzene rings is 2. The van der Waals surface area contributed by atoms with Gasteiger partial charge in [-0.2, -0.15) is 8.78 Å². The fourth-order valence-corrected chi connectivity index (χ4v) is 2.95. The molecule has 0 aliphatic carbocycles. The van der Waals surface area contributed by atoms with Crippen molar-refractivity contribution in [3.05, 3.63) is 71.2 Å². The van der Waals surface area contributed by atoms with Crippen molar-refractivity contribution >= 4 is 17.5 Å². The van der Waals surface area contributed by atoms with Crippen LogP contribution in [0.2, 0.25) is 5.02 Å². The van der Waals surface area contributed by atoms with Crippen molar-refractivity contribution in [1.29, 1.82) is 0 Å². The molecule has 0 fully saturated rings. The average Bonchev–Trinajstić information content (AvgIpc) is 3.16. The molecule has 3 aromatic rings. The fourth-order valence-electron chi connectivity index (χ4n) is 2.83. The highest BCUT2D eigenvalue weighted by Gasteiger charge is 2.17. The Morgan fingerprint density at radius 2 is 1.93 bits per heavy atom. The molecule has 0 unspecified atom stereocenters. The number of rotatable bonds is 8. The van der Waals surface area contributed by atoms with Crippen LogP contribution in [0, 0.1) is 0 Å². The molecule has 1 aromatic heterocycles. The van der Waals surface area contributed by atoms with Crippen molar-refractivity contribution in [3.63, 3.8) is 0 Å². The molecule has 0 bridgehead atoms. The molecular formula is C21H19ClF2N2O3. The Bertz CT molecular complexity index is 961. The summed E-state index contributed by atoms with van der Waals surface area (Å²) >= 11 is 5.87. The number of oxazole rings is 1. The lowest BCUT2D eigenvalue weighted by molar-refractivity contribution is -0.121. The number of aromatic nitrogens is 1. The van der Waals surface area contributed by atoms with Crippen LogP contribution >= 0.6 is 11.6 Å². The van der Waals surface area contributed by atoms with Gasteiger partial charge in [-0.05, 0) is 37.3 Å². The van der Waals surface area contributed by atoms with Crippen LogP contribution in [0.3, 0.4) is 0 Å². The van der Waals surface area contributed by atoms with Crippen molar-refractivity contribution in [1.82, 2.24) is 10.3 Å². The van der Waals surface area contributed by atoms with Crippen LogP contribution in [0.4, 0.5) is 8.78 Å². The first-order chi connectivity index (χ1) is 13.9. The molecule has 1 amide bonds. The Balaban J connectivity index is 1.56. The monoisotopic (exact) mass is 420 g/mol. The lowest BCUT2D eigenvalue weighted by atomic mass is 10.1. The number of alkyl halides is 2.